The quantitative estimate of drug-likeness (QED) is 0.468. The number of esters is 1. The van der Waals surface area contributed by atoms with Crippen molar-refractivity contribution in [3.05, 3.63) is 48.0 Å². The summed E-state index contributed by atoms with van der Waals surface area (Å²) < 4.78 is 19.7. The molecule has 0 spiro atoms. The lowest BCUT2D eigenvalue weighted by Crippen LogP contribution is -2.50. The number of rotatable bonds is 6. The molecule has 2 fully saturated rings. The molecular formula is C24H28FN5O4. The van der Waals surface area contributed by atoms with Crippen LogP contribution in [0.4, 0.5) is 16.0 Å². The van der Waals surface area contributed by atoms with Gasteiger partial charge < -0.3 is 19.4 Å². The Morgan fingerprint density at radius 2 is 1.68 bits per heavy atom. The Hall–Kier alpha value is -3.56. The molecule has 0 bridgehead atoms. The van der Waals surface area contributed by atoms with Gasteiger partial charge in [0, 0.05) is 57.2 Å². The van der Waals surface area contributed by atoms with Gasteiger partial charge in [0.25, 0.3) is 5.91 Å². The van der Waals surface area contributed by atoms with Crippen molar-refractivity contribution >= 4 is 29.3 Å². The van der Waals surface area contributed by atoms with Gasteiger partial charge in [-0.3, -0.25) is 14.4 Å². The molecule has 10 heteroatoms. The number of piperazine rings is 1. The van der Waals surface area contributed by atoms with Gasteiger partial charge in [0.05, 0.1) is 11.6 Å². The minimum Gasteiger partial charge on any atom is -0.455 e. The first-order chi connectivity index (χ1) is 16.4. The third-order valence-corrected chi connectivity index (χ3v) is 6.33. The molecule has 0 saturated carbocycles. The summed E-state index contributed by atoms with van der Waals surface area (Å²) >= 11 is 0. The van der Waals surface area contributed by atoms with Crippen LogP contribution in [0.15, 0.2) is 36.7 Å². The molecule has 9 nitrogen and oxygen atoms in total. The molecule has 180 valence electrons. The molecule has 2 aliphatic heterocycles. The number of benzene rings is 1. The predicted molar refractivity (Wildman–Crippen MR) is 123 cm³/mol. The first-order valence-corrected chi connectivity index (χ1v) is 11.4. The molecule has 0 radical (unpaired) electrons. The van der Waals surface area contributed by atoms with Gasteiger partial charge in [-0.2, -0.15) is 0 Å². The van der Waals surface area contributed by atoms with Gasteiger partial charge in [-0.1, -0.05) is 0 Å². The third kappa shape index (κ3) is 5.49. The van der Waals surface area contributed by atoms with Crippen LogP contribution >= 0.6 is 0 Å². The van der Waals surface area contributed by atoms with Gasteiger partial charge in [-0.25, -0.2) is 14.4 Å². The fourth-order valence-electron chi connectivity index (χ4n) is 4.29. The second-order valence-electron chi connectivity index (χ2n) is 8.51. The lowest BCUT2D eigenvalue weighted by molar-refractivity contribution is -0.156. The van der Waals surface area contributed by atoms with E-state index in [-0.39, 0.29) is 30.2 Å². The van der Waals surface area contributed by atoms with Crippen LogP contribution < -0.4 is 9.80 Å². The second-order valence-corrected chi connectivity index (χ2v) is 8.51. The fraction of sp³-hybridized carbons (Fsp3) is 0.458. The highest BCUT2D eigenvalue weighted by atomic mass is 19.1. The number of Topliss-reactive ketones (excluding diaryl/α,β-unsaturated/α-hetero) is 1. The SMILES string of the molecule is CC(=O)c1ccc(N2CCN(C(=O)COC(=O)C3CCN(c4ncccn4)CC3)CC2)c(F)c1. The van der Waals surface area contributed by atoms with Crippen molar-refractivity contribution in [2.24, 2.45) is 5.92 Å². The van der Waals surface area contributed by atoms with E-state index >= 15 is 0 Å². The van der Waals surface area contributed by atoms with Crippen LogP contribution in [-0.4, -0.2) is 78.4 Å². The summed E-state index contributed by atoms with van der Waals surface area (Å²) in [6.07, 6.45) is 4.62. The molecule has 34 heavy (non-hydrogen) atoms. The summed E-state index contributed by atoms with van der Waals surface area (Å²) in [5.41, 5.74) is 0.742. The van der Waals surface area contributed by atoms with Gasteiger partial charge in [-0.05, 0) is 44.0 Å². The van der Waals surface area contributed by atoms with E-state index in [9.17, 15) is 18.8 Å². The number of carbonyl (C=O) groups is 3. The van der Waals surface area contributed by atoms with Crippen LogP contribution in [-0.2, 0) is 14.3 Å². The number of anilines is 2. The first-order valence-electron chi connectivity index (χ1n) is 11.4. The number of nitrogens with zero attached hydrogens (tertiary/aromatic N) is 5. The Bertz CT molecular complexity index is 1030. The van der Waals surface area contributed by atoms with Crippen LogP contribution in [0.1, 0.15) is 30.1 Å². The minimum absolute atomic E-state index is 0.189. The highest BCUT2D eigenvalue weighted by Crippen LogP contribution is 2.23. The Kier molecular flexibility index (Phi) is 7.34. The van der Waals surface area contributed by atoms with E-state index in [1.807, 2.05) is 9.80 Å². The molecule has 1 aromatic carbocycles. The summed E-state index contributed by atoms with van der Waals surface area (Å²) in [6.45, 7) is 4.13. The van der Waals surface area contributed by atoms with Gasteiger partial charge in [0.1, 0.15) is 5.82 Å². The number of aromatic nitrogens is 2. The first kappa shape index (κ1) is 23.6. The van der Waals surface area contributed by atoms with E-state index < -0.39 is 5.82 Å². The molecule has 1 aromatic heterocycles. The Morgan fingerprint density at radius 3 is 2.29 bits per heavy atom. The zero-order valence-electron chi connectivity index (χ0n) is 19.2. The van der Waals surface area contributed by atoms with Gasteiger partial charge in [0.15, 0.2) is 12.4 Å². The summed E-state index contributed by atoms with van der Waals surface area (Å²) in [5, 5.41) is 0. The van der Waals surface area contributed by atoms with E-state index in [0.29, 0.717) is 69.3 Å². The molecule has 1 amide bonds. The van der Waals surface area contributed by atoms with Crippen molar-refractivity contribution in [3.8, 4) is 0 Å². The number of hydrogen-bond donors (Lipinski definition) is 0. The summed E-state index contributed by atoms with van der Waals surface area (Å²) in [5.74, 6) is -0.842. The molecule has 2 aliphatic rings. The van der Waals surface area contributed by atoms with Gasteiger partial charge in [-0.15, -0.1) is 0 Å². The molecular weight excluding hydrogens is 441 g/mol. The number of ether oxygens (including phenoxy) is 1. The molecule has 0 atom stereocenters. The van der Waals surface area contributed by atoms with E-state index in [0.717, 1.165) is 0 Å². The maximum Gasteiger partial charge on any atom is 0.309 e. The molecule has 2 saturated heterocycles. The normalized spacial score (nSPS) is 16.9. The lowest BCUT2D eigenvalue weighted by atomic mass is 9.97. The zero-order chi connectivity index (χ0) is 24.1. The summed E-state index contributed by atoms with van der Waals surface area (Å²) in [6, 6.07) is 6.21. The topological polar surface area (TPSA) is 95.9 Å². The molecule has 4 rings (SSSR count). The Balaban J connectivity index is 1.20. The van der Waals surface area contributed by atoms with Crippen molar-refractivity contribution in [1.82, 2.24) is 14.9 Å². The molecule has 0 N–H and O–H groups in total. The average molecular weight is 470 g/mol. The monoisotopic (exact) mass is 469 g/mol. The standard InChI is InChI=1S/C24H28FN5O4/c1-17(31)19-3-4-21(20(25)15-19)28-11-13-29(14-12-28)22(32)16-34-23(33)18-5-9-30(10-6-18)24-26-7-2-8-27-24/h2-4,7-8,15,18H,5-6,9-14,16H2,1H3. The van der Waals surface area contributed by atoms with Crippen LogP contribution in [0.2, 0.25) is 0 Å². The zero-order valence-corrected chi connectivity index (χ0v) is 19.2. The lowest BCUT2D eigenvalue weighted by Gasteiger charge is -2.36. The smallest absolute Gasteiger partial charge is 0.309 e. The maximum absolute atomic E-state index is 14.4. The van der Waals surface area contributed by atoms with Gasteiger partial charge >= 0.3 is 5.97 Å². The van der Waals surface area contributed by atoms with Crippen LogP contribution in [0, 0.1) is 11.7 Å². The minimum atomic E-state index is -0.453. The van der Waals surface area contributed by atoms with E-state index in [4.69, 9.17) is 4.74 Å². The number of amides is 1. The van der Waals surface area contributed by atoms with E-state index in [2.05, 4.69) is 9.97 Å². The number of ketones is 1. The van der Waals surface area contributed by atoms with E-state index in [1.54, 1.807) is 35.5 Å². The van der Waals surface area contributed by atoms with E-state index in [1.165, 1.54) is 13.0 Å². The molecule has 3 heterocycles. The van der Waals surface area contributed by atoms with Crippen molar-refractivity contribution in [2.75, 3.05) is 55.7 Å². The fourth-order valence-corrected chi connectivity index (χ4v) is 4.29. The number of hydrogen-bond acceptors (Lipinski definition) is 8. The molecule has 2 aromatic rings. The number of piperidine rings is 1. The van der Waals surface area contributed by atoms with Crippen molar-refractivity contribution in [2.45, 2.75) is 19.8 Å². The maximum atomic E-state index is 14.4. The third-order valence-electron chi connectivity index (χ3n) is 6.33. The second kappa shape index (κ2) is 10.6. The molecule has 0 unspecified atom stereocenters. The summed E-state index contributed by atoms with van der Waals surface area (Å²) in [7, 11) is 0. The molecule has 0 aliphatic carbocycles. The van der Waals surface area contributed by atoms with Crippen molar-refractivity contribution < 1.29 is 23.5 Å². The van der Waals surface area contributed by atoms with Crippen molar-refractivity contribution in [3.63, 3.8) is 0 Å². The average Bonchev–Trinajstić information content (AvgIpc) is 2.87. The highest BCUT2D eigenvalue weighted by molar-refractivity contribution is 5.94. The van der Waals surface area contributed by atoms with Gasteiger partial charge in [0.2, 0.25) is 5.95 Å². The van der Waals surface area contributed by atoms with Crippen molar-refractivity contribution in [1.29, 1.82) is 0 Å². The van der Waals surface area contributed by atoms with Crippen LogP contribution in [0.25, 0.3) is 0 Å². The number of halogens is 1. The number of carbonyl (C=O) groups excluding carboxylic acids is 3. The Labute approximate surface area is 197 Å². The Morgan fingerprint density at radius 1 is 1.00 bits per heavy atom. The predicted octanol–water partition coefficient (Wildman–Crippen LogP) is 1.93. The summed E-state index contributed by atoms with van der Waals surface area (Å²) in [4.78, 5) is 50.4. The van der Waals surface area contributed by atoms with Crippen LogP contribution in [0.3, 0.4) is 0 Å². The highest BCUT2D eigenvalue weighted by Gasteiger charge is 2.29. The largest absolute Gasteiger partial charge is 0.455 e. The van der Waals surface area contributed by atoms with Crippen LogP contribution in [0.5, 0.6) is 0 Å².